The van der Waals surface area contributed by atoms with Gasteiger partial charge in [0.25, 0.3) is 5.91 Å². The fourth-order valence-electron chi connectivity index (χ4n) is 0.648. The molecule has 0 aromatic rings. The van der Waals surface area contributed by atoms with E-state index < -0.39 is 0 Å². The van der Waals surface area contributed by atoms with Gasteiger partial charge < -0.3 is 0 Å². The van der Waals surface area contributed by atoms with E-state index in [0.29, 0.717) is 5.57 Å². The van der Waals surface area contributed by atoms with Crippen LogP contribution >= 0.6 is 0 Å². The maximum absolute atomic E-state index is 10.7. The van der Waals surface area contributed by atoms with Crippen LogP contribution in [0.3, 0.4) is 0 Å². The number of carbonyl (C=O) groups excluding carboxylic acids is 1. The first kappa shape index (κ1) is 6.29. The molecule has 1 rings (SSSR count). The van der Waals surface area contributed by atoms with Gasteiger partial charge in [0.15, 0.2) is 0 Å². The first-order chi connectivity index (χ1) is 4.04. The minimum Gasteiger partial charge on any atom is -0.287 e. The number of hydrazine groups is 1. The molecule has 1 heterocycles. The molecule has 3 heteroatoms. The Hall–Kier alpha value is -0.830. The third kappa shape index (κ3) is 0.833. The van der Waals surface area contributed by atoms with E-state index in [1.54, 1.807) is 0 Å². The zero-order valence-corrected chi connectivity index (χ0v) is 5.62. The van der Waals surface area contributed by atoms with E-state index in [9.17, 15) is 4.79 Å². The molecule has 9 heavy (non-hydrogen) atoms. The van der Waals surface area contributed by atoms with Crippen LogP contribution in [0.25, 0.3) is 0 Å². The van der Waals surface area contributed by atoms with Gasteiger partial charge in [-0.25, -0.2) is 5.43 Å². The van der Waals surface area contributed by atoms with E-state index in [1.807, 2.05) is 13.8 Å². The van der Waals surface area contributed by atoms with Gasteiger partial charge in [0.1, 0.15) is 0 Å². The third-order valence-electron chi connectivity index (χ3n) is 1.52. The van der Waals surface area contributed by atoms with Crippen LogP contribution in [0, 0.1) is 0 Å². The second-order valence-electron chi connectivity index (χ2n) is 2.68. The van der Waals surface area contributed by atoms with Crippen LogP contribution in [0.5, 0.6) is 0 Å². The van der Waals surface area contributed by atoms with Crippen LogP contribution in [0.2, 0.25) is 0 Å². The minimum absolute atomic E-state index is 0.111. The Kier molecular flexibility index (Phi) is 1.10. The molecule has 0 spiro atoms. The molecule has 1 aliphatic heterocycles. The molecule has 0 aromatic heterocycles. The number of amides is 1. The van der Waals surface area contributed by atoms with Gasteiger partial charge in [0.2, 0.25) is 0 Å². The lowest BCUT2D eigenvalue weighted by Crippen LogP contribution is -2.38. The molecule has 1 fully saturated rings. The van der Waals surface area contributed by atoms with Crippen molar-refractivity contribution in [1.82, 2.24) is 10.9 Å². The van der Waals surface area contributed by atoms with Crippen LogP contribution in [-0.4, -0.2) is 11.4 Å². The summed E-state index contributed by atoms with van der Waals surface area (Å²) in [6.45, 7) is 7.41. The molecule has 0 aliphatic carbocycles. The molecule has 0 bridgehead atoms. The lowest BCUT2D eigenvalue weighted by Gasteiger charge is -2.15. The molecule has 1 amide bonds. The molecule has 3 nitrogen and oxygen atoms in total. The summed E-state index contributed by atoms with van der Waals surface area (Å²) in [5, 5.41) is 0. The summed E-state index contributed by atoms with van der Waals surface area (Å²) in [7, 11) is 0. The van der Waals surface area contributed by atoms with Gasteiger partial charge in [-0.3, -0.25) is 10.2 Å². The summed E-state index contributed by atoms with van der Waals surface area (Å²) in [5.74, 6) is -0.111. The van der Waals surface area contributed by atoms with Crippen LogP contribution in [0.4, 0.5) is 0 Å². The van der Waals surface area contributed by atoms with E-state index in [1.165, 1.54) is 0 Å². The molecular weight excluding hydrogens is 116 g/mol. The molecule has 50 valence electrons. The average molecular weight is 126 g/mol. The van der Waals surface area contributed by atoms with Crippen LogP contribution in [0.15, 0.2) is 12.2 Å². The maximum Gasteiger partial charge on any atom is 0.262 e. The molecule has 0 saturated carbocycles. The first-order valence-corrected chi connectivity index (χ1v) is 2.81. The van der Waals surface area contributed by atoms with Gasteiger partial charge in [0.05, 0.1) is 5.54 Å². The van der Waals surface area contributed by atoms with Crippen molar-refractivity contribution in [3.8, 4) is 0 Å². The van der Waals surface area contributed by atoms with Crippen molar-refractivity contribution >= 4 is 5.91 Å². The van der Waals surface area contributed by atoms with E-state index >= 15 is 0 Å². The highest BCUT2D eigenvalue weighted by atomic mass is 16.2. The molecule has 2 N–H and O–H groups in total. The van der Waals surface area contributed by atoms with Crippen LogP contribution in [-0.2, 0) is 4.79 Å². The van der Waals surface area contributed by atoms with Crippen molar-refractivity contribution in [1.29, 1.82) is 0 Å². The maximum atomic E-state index is 10.7. The standard InChI is InChI=1S/C6H10N2O/c1-4-5(9)7-8-6(4,2)3/h8H,1H2,2-3H3,(H,7,9). The average Bonchev–Trinajstić information content (AvgIpc) is 1.97. The Balaban J connectivity index is 2.86. The molecule has 0 aromatic carbocycles. The van der Waals surface area contributed by atoms with Crippen LogP contribution in [0.1, 0.15) is 13.8 Å². The number of rotatable bonds is 0. The zero-order valence-electron chi connectivity index (χ0n) is 5.62. The predicted octanol–water partition coefficient (Wildman–Crippen LogP) is -0.0444. The Bertz CT molecular complexity index is 172. The van der Waals surface area contributed by atoms with Crippen molar-refractivity contribution in [3.63, 3.8) is 0 Å². The van der Waals surface area contributed by atoms with Gasteiger partial charge >= 0.3 is 0 Å². The second kappa shape index (κ2) is 1.57. The fraction of sp³-hybridized carbons (Fsp3) is 0.500. The van der Waals surface area contributed by atoms with Crippen molar-refractivity contribution in [2.75, 3.05) is 0 Å². The Morgan fingerprint density at radius 2 is 2.11 bits per heavy atom. The molecular formula is C6H10N2O. The van der Waals surface area contributed by atoms with Crippen molar-refractivity contribution in [2.24, 2.45) is 0 Å². The summed E-state index contributed by atoms with van der Waals surface area (Å²) >= 11 is 0. The number of nitrogens with one attached hydrogen (secondary N) is 2. The molecule has 0 atom stereocenters. The molecule has 0 unspecified atom stereocenters. The molecule has 1 aliphatic rings. The summed E-state index contributed by atoms with van der Waals surface area (Å²) in [6, 6.07) is 0. The SMILES string of the molecule is C=C1C(=O)NNC1(C)C. The van der Waals surface area contributed by atoms with E-state index in [2.05, 4.69) is 17.4 Å². The number of carbonyl (C=O) groups is 1. The van der Waals surface area contributed by atoms with Crippen molar-refractivity contribution in [2.45, 2.75) is 19.4 Å². The smallest absolute Gasteiger partial charge is 0.262 e. The van der Waals surface area contributed by atoms with Gasteiger partial charge in [-0.2, -0.15) is 0 Å². The van der Waals surface area contributed by atoms with E-state index in [-0.39, 0.29) is 11.4 Å². The van der Waals surface area contributed by atoms with E-state index in [4.69, 9.17) is 0 Å². The highest BCUT2D eigenvalue weighted by Gasteiger charge is 2.32. The summed E-state index contributed by atoms with van der Waals surface area (Å²) in [6.07, 6.45) is 0. The highest BCUT2D eigenvalue weighted by molar-refractivity contribution is 5.96. The lowest BCUT2D eigenvalue weighted by atomic mass is 9.98. The number of hydrogen-bond acceptors (Lipinski definition) is 2. The summed E-state index contributed by atoms with van der Waals surface area (Å²) in [4.78, 5) is 10.7. The Morgan fingerprint density at radius 1 is 1.56 bits per heavy atom. The van der Waals surface area contributed by atoms with Crippen molar-refractivity contribution < 1.29 is 4.79 Å². The first-order valence-electron chi connectivity index (χ1n) is 2.81. The quantitative estimate of drug-likeness (QED) is 0.447. The van der Waals surface area contributed by atoms with Crippen molar-refractivity contribution in [3.05, 3.63) is 12.2 Å². The molecule has 0 radical (unpaired) electrons. The third-order valence-corrected chi connectivity index (χ3v) is 1.52. The fourth-order valence-corrected chi connectivity index (χ4v) is 0.648. The number of hydrogen-bond donors (Lipinski definition) is 2. The van der Waals surface area contributed by atoms with Gasteiger partial charge in [-0.1, -0.05) is 6.58 Å². The monoisotopic (exact) mass is 126 g/mol. The second-order valence-corrected chi connectivity index (χ2v) is 2.68. The van der Waals surface area contributed by atoms with E-state index in [0.717, 1.165) is 0 Å². The predicted molar refractivity (Wildman–Crippen MR) is 34.5 cm³/mol. The van der Waals surface area contributed by atoms with Gasteiger partial charge in [-0.05, 0) is 13.8 Å². The zero-order chi connectivity index (χ0) is 7.07. The Morgan fingerprint density at radius 3 is 2.22 bits per heavy atom. The topological polar surface area (TPSA) is 41.1 Å². The summed E-state index contributed by atoms with van der Waals surface area (Å²) < 4.78 is 0. The highest BCUT2D eigenvalue weighted by Crippen LogP contribution is 2.16. The normalized spacial score (nSPS) is 24.2. The largest absolute Gasteiger partial charge is 0.287 e. The van der Waals surface area contributed by atoms with Gasteiger partial charge in [-0.15, -0.1) is 0 Å². The van der Waals surface area contributed by atoms with Crippen LogP contribution < -0.4 is 10.9 Å². The Labute approximate surface area is 54.1 Å². The lowest BCUT2D eigenvalue weighted by molar-refractivity contribution is -0.116. The van der Waals surface area contributed by atoms with Gasteiger partial charge in [0, 0.05) is 5.57 Å². The molecule has 1 saturated heterocycles. The summed E-state index contributed by atoms with van der Waals surface area (Å²) in [5.41, 5.74) is 5.57. The minimum atomic E-state index is -0.281.